The highest BCUT2D eigenvalue weighted by Gasteiger charge is 2.28. The summed E-state index contributed by atoms with van der Waals surface area (Å²) in [5.41, 5.74) is 1.38. The molecule has 3 aromatic rings. The second kappa shape index (κ2) is 9.59. The molecule has 1 aromatic heterocycles. The maximum atomic E-state index is 13.6. The summed E-state index contributed by atoms with van der Waals surface area (Å²) >= 11 is 0. The summed E-state index contributed by atoms with van der Waals surface area (Å²) in [5.74, 6) is -0.678. The zero-order valence-corrected chi connectivity index (χ0v) is 19.7. The number of methoxy groups -OCH3 is 1. The first kappa shape index (κ1) is 24.2. The van der Waals surface area contributed by atoms with E-state index in [1.807, 2.05) is 0 Å². The molecule has 1 N–H and O–H groups in total. The van der Waals surface area contributed by atoms with Crippen LogP contribution in [-0.2, 0) is 33.7 Å². The summed E-state index contributed by atoms with van der Waals surface area (Å²) < 4.78 is 35.9. The fourth-order valence-corrected chi connectivity index (χ4v) is 4.87. The zero-order chi connectivity index (χ0) is 24.3. The first-order valence-electron chi connectivity index (χ1n) is 10.1. The van der Waals surface area contributed by atoms with Crippen LogP contribution in [0.3, 0.4) is 0 Å². The fourth-order valence-electron chi connectivity index (χ4n) is 3.43. The average Bonchev–Trinajstić information content (AvgIpc) is 3.01. The van der Waals surface area contributed by atoms with Crippen molar-refractivity contribution in [2.24, 2.45) is 14.1 Å². The number of aromatic nitrogens is 2. The maximum absolute atomic E-state index is 13.6. The van der Waals surface area contributed by atoms with Crippen LogP contribution >= 0.6 is 0 Å². The second-order valence-electron chi connectivity index (χ2n) is 7.51. The van der Waals surface area contributed by atoms with Crippen molar-refractivity contribution in [2.45, 2.75) is 11.8 Å². The lowest BCUT2D eigenvalue weighted by Gasteiger charge is -2.24. The number of nitrogens with one attached hydrogen (secondary N) is 1. The van der Waals surface area contributed by atoms with Gasteiger partial charge in [-0.3, -0.25) is 23.0 Å². The molecule has 0 saturated carbocycles. The molecule has 2 aromatic carbocycles. The largest absolute Gasteiger partial charge is 0.383 e. The van der Waals surface area contributed by atoms with Crippen LogP contribution in [0.5, 0.6) is 0 Å². The van der Waals surface area contributed by atoms with Crippen LogP contribution in [0.15, 0.2) is 52.2 Å². The molecule has 0 unspecified atom stereocenters. The van der Waals surface area contributed by atoms with Crippen LogP contribution in [0.2, 0.25) is 0 Å². The number of carbonyl (C=O) groups is 2. The van der Waals surface area contributed by atoms with E-state index in [-0.39, 0.29) is 35.2 Å². The Morgan fingerprint density at radius 1 is 1.03 bits per heavy atom. The predicted octanol–water partition coefficient (Wildman–Crippen LogP) is 1.04. The number of aryl methyl sites for hydroxylation is 2. The highest BCUT2D eigenvalue weighted by Crippen LogP contribution is 2.26. The topological polar surface area (TPSA) is 120 Å². The minimum absolute atomic E-state index is 0.0727. The first-order valence-corrected chi connectivity index (χ1v) is 11.6. The summed E-state index contributed by atoms with van der Waals surface area (Å²) in [6, 6.07) is 10.3. The Kier molecular flexibility index (Phi) is 7.04. The van der Waals surface area contributed by atoms with Crippen LogP contribution in [0.25, 0.3) is 11.0 Å². The van der Waals surface area contributed by atoms with E-state index in [9.17, 15) is 22.8 Å². The molecule has 3 rings (SSSR count). The number of rotatable bonds is 9. The molecule has 0 aliphatic rings. The van der Waals surface area contributed by atoms with Crippen LogP contribution in [0, 0.1) is 0 Å². The normalized spacial score (nSPS) is 11.5. The molecule has 0 fully saturated rings. The number of Topliss-reactive ketones (excluding diaryl/α,β-unsaturated/α-hetero) is 1. The van der Waals surface area contributed by atoms with E-state index in [4.69, 9.17) is 4.74 Å². The Morgan fingerprint density at radius 2 is 1.67 bits per heavy atom. The molecule has 0 atom stereocenters. The standard InChI is InChI=1S/C22H26N4O6S/c1-15(27)16-5-7-17(8-6-16)26(14-21(28)23-11-12-32-4)33(30,31)18-9-10-19-20(13-18)25(3)22(29)24(19)2/h5-10,13H,11-12,14H2,1-4H3,(H,23,28). The van der Waals surface area contributed by atoms with E-state index in [0.717, 1.165) is 4.31 Å². The predicted molar refractivity (Wildman–Crippen MR) is 124 cm³/mol. The van der Waals surface area contributed by atoms with Gasteiger partial charge in [-0.25, -0.2) is 13.2 Å². The number of fused-ring (bicyclic) bond motifs is 1. The first-order chi connectivity index (χ1) is 15.6. The number of hydrogen-bond donors (Lipinski definition) is 1. The van der Waals surface area contributed by atoms with Crippen molar-refractivity contribution in [3.8, 4) is 0 Å². The van der Waals surface area contributed by atoms with Crippen molar-refractivity contribution in [1.29, 1.82) is 0 Å². The van der Waals surface area contributed by atoms with E-state index >= 15 is 0 Å². The van der Waals surface area contributed by atoms with Crippen molar-refractivity contribution >= 4 is 38.4 Å². The Balaban J connectivity index is 2.06. The number of ketones is 1. The van der Waals surface area contributed by atoms with Crippen molar-refractivity contribution in [2.75, 3.05) is 31.1 Å². The molecule has 0 saturated heterocycles. The van der Waals surface area contributed by atoms with E-state index in [2.05, 4.69) is 5.32 Å². The van der Waals surface area contributed by atoms with Crippen molar-refractivity contribution in [3.63, 3.8) is 0 Å². The number of ether oxygens (including phenoxy) is 1. The van der Waals surface area contributed by atoms with Gasteiger partial charge in [-0.15, -0.1) is 0 Å². The third kappa shape index (κ3) is 4.83. The van der Waals surface area contributed by atoms with Gasteiger partial charge in [-0.1, -0.05) is 0 Å². The van der Waals surface area contributed by atoms with E-state index in [1.165, 1.54) is 59.6 Å². The fraction of sp³-hybridized carbons (Fsp3) is 0.318. The molecular formula is C22H26N4O6S. The van der Waals surface area contributed by atoms with Gasteiger partial charge in [-0.2, -0.15) is 0 Å². The Bertz CT molecular complexity index is 1360. The molecule has 1 heterocycles. The van der Waals surface area contributed by atoms with E-state index < -0.39 is 22.5 Å². The van der Waals surface area contributed by atoms with Gasteiger partial charge < -0.3 is 10.1 Å². The van der Waals surface area contributed by atoms with Gasteiger partial charge in [0.05, 0.1) is 28.2 Å². The zero-order valence-electron chi connectivity index (χ0n) is 18.9. The van der Waals surface area contributed by atoms with Gasteiger partial charge in [0.25, 0.3) is 10.0 Å². The van der Waals surface area contributed by atoms with Crippen molar-refractivity contribution in [1.82, 2.24) is 14.5 Å². The smallest absolute Gasteiger partial charge is 0.328 e. The number of carbonyl (C=O) groups excluding carboxylic acids is 2. The number of nitrogens with zero attached hydrogens (tertiary/aromatic N) is 3. The van der Waals surface area contributed by atoms with Gasteiger partial charge in [0.15, 0.2) is 5.78 Å². The van der Waals surface area contributed by atoms with Crippen molar-refractivity contribution in [3.05, 3.63) is 58.5 Å². The monoisotopic (exact) mass is 474 g/mol. The van der Waals surface area contributed by atoms with Crippen molar-refractivity contribution < 1.29 is 22.7 Å². The van der Waals surface area contributed by atoms with E-state index in [0.29, 0.717) is 16.6 Å². The lowest BCUT2D eigenvalue weighted by atomic mass is 10.1. The summed E-state index contributed by atoms with van der Waals surface area (Å²) in [7, 11) is 0.461. The number of amides is 1. The van der Waals surface area contributed by atoms with Crippen LogP contribution in [0.4, 0.5) is 5.69 Å². The van der Waals surface area contributed by atoms with Gasteiger partial charge in [0, 0.05) is 33.3 Å². The number of benzene rings is 2. The lowest BCUT2D eigenvalue weighted by molar-refractivity contribution is -0.119. The molecule has 1 amide bonds. The summed E-state index contributed by atoms with van der Waals surface area (Å²) in [6.07, 6.45) is 0. The number of imidazole rings is 1. The summed E-state index contributed by atoms with van der Waals surface area (Å²) in [4.78, 5) is 36.3. The van der Waals surface area contributed by atoms with Crippen LogP contribution < -0.4 is 15.3 Å². The van der Waals surface area contributed by atoms with Gasteiger partial charge >= 0.3 is 5.69 Å². The molecular weight excluding hydrogens is 448 g/mol. The SMILES string of the molecule is COCCNC(=O)CN(c1ccc(C(C)=O)cc1)S(=O)(=O)c1ccc2c(c1)n(C)c(=O)n2C. The van der Waals surface area contributed by atoms with Gasteiger partial charge in [0.2, 0.25) is 5.91 Å². The summed E-state index contributed by atoms with van der Waals surface area (Å²) in [5, 5.41) is 2.61. The minimum Gasteiger partial charge on any atom is -0.383 e. The number of hydrogen-bond acceptors (Lipinski definition) is 6. The minimum atomic E-state index is -4.19. The molecule has 176 valence electrons. The second-order valence-corrected chi connectivity index (χ2v) is 9.37. The van der Waals surface area contributed by atoms with Gasteiger partial charge in [-0.05, 0) is 49.4 Å². The molecule has 11 heteroatoms. The Morgan fingerprint density at radius 3 is 2.27 bits per heavy atom. The lowest BCUT2D eigenvalue weighted by Crippen LogP contribution is -2.41. The van der Waals surface area contributed by atoms with Crippen LogP contribution in [0.1, 0.15) is 17.3 Å². The molecule has 33 heavy (non-hydrogen) atoms. The molecule has 0 bridgehead atoms. The quantitative estimate of drug-likeness (QED) is 0.366. The molecule has 0 aliphatic heterocycles. The molecule has 10 nitrogen and oxygen atoms in total. The van der Waals surface area contributed by atoms with E-state index in [1.54, 1.807) is 20.2 Å². The number of anilines is 1. The molecule has 0 radical (unpaired) electrons. The maximum Gasteiger partial charge on any atom is 0.328 e. The molecule has 0 spiro atoms. The molecule has 0 aliphatic carbocycles. The number of sulfonamides is 1. The Labute approximate surface area is 191 Å². The third-order valence-electron chi connectivity index (χ3n) is 5.31. The average molecular weight is 475 g/mol. The highest BCUT2D eigenvalue weighted by molar-refractivity contribution is 7.92. The van der Waals surface area contributed by atoms with Gasteiger partial charge in [0.1, 0.15) is 6.54 Å². The Hall–Kier alpha value is -3.44. The third-order valence-corrected chi connectivity index (χ3v) is 7.08. The summed E-state index contributed by atoms with van der Waals surface area (Å²) in [6.45, 7) is 1.44. The highest BCUT2D eigenvalue weighted by atomic mass is 32.2. The van der Waals surface area contributed by atoms with Crippen LogP contribution in [-0.4, -0.2) is 56.0 Å².